The Morgan fingerprint density at radius 1 is 1.39 bits per heavy atom. The van der Waals surface area contributed by atoms with Crippen molar-refractivity contribution >= 4 is 5.91 Å². The molecule has 5 heteroatoms. The molecule has 128 valence electrons. The molecule has 5 nitrogen and oxygen atoms in total. The lowest BCUT2D eigenvalue weighted by atomic mass is 10.1. The largest absolute Gasteiger partial charge is 0.333 e. The van der Waals surface area contributed by atoms with E-state index in [0.717, 1.165) is 32.5 Å². The summed E-state index contributed by atoms with van der Waals surface area (Å²) in [7, 11) is 0. The number of aromatic nitrogens is 2. The van der Waals surface area contributed by atoms with Crippen LogP contribution in [0.2, 0.25) is 0 Å². The second kappa shape index (κ2) is 6.27. The lowest BCUT2D eigenvalue weighted by Crippen LogP contribution is -2.42. The fourth-order valence-electron chi connectivity index (χ4n) is 3.45. The van der Waals surface area contributed by atoms with E-state index in [0.29, 0.717) is 17.7 Å². The van der Waals surface area contributed by atoms with Crippen LogP contribution >= 0.6 is 0 Å². The zero-order valence-electron chi connectivity index (χ0n) is 14.9. The second-order valence-corrected chi connectivity index (χ2v) is 7.96. The van der Waals surface area contributed by atoms with Crippen molar-refractivity contribution in [3.8, 4) is 0 Å². The van der Waals surface area contributed by atoms with Crippen molar-refractivity contribution in [3.63, 3.8) is 0 Å². The molecular weight excluding hydrogens is 288 g/mol. The number of hydrogen-bond donors (Lipinski definition) is 1. The quantitative estimate of drug-likeness (QED) is 0.908. The smallest absolute Gasteiger partial charge is 0.274 e. The van der Waals surface area contributed by atoms with Gasteiger partial charge in [0.15, 0.2) is 5.69 Å². The molecule has 1 unspecified atom stereocenters. The molecular formula is C18H30N4O. The molecule has 1 aromatic heterocycles. The van der Waals surface area contributed by atoms with E-state index in [1.54, 1.807) is 0 Å². The number of nitrogens with zero attached hydrogens (tertiary/aromatic N) is 3. The summed E-state index contributed by atoms with van der Waals surface area (Å²) in [6.45, 7) is 11.3. The Hall–Kier alpha value is -1.36. The molecule has 0 bridgehead atoms. The Balaban J connectivity index is 1.88. The summed E-state index contributed by atoms with van der Waals surface area (Å²) < 4.78 is 2.08. The van der Waals surface area contributed by atoms with E-state index >= 15 is 0 Å². The van der Waals surface area contributed by atoms with Gasteiger partial charge in [0.25, 0.3) is 5.91 Å². The van der Waals surface area contributed by atoms with Crippen LogP contribution in [0.25, 0.3) is 0 Å². The van der Waals surface area contributed by atoms with Crippen molar-refractivity contribution in [2.24, 2.45) is 0 Å². The van der Waals surface area contributed by atoms with Crippen molar-refractivity contribution in [1.82, 2.24) is 20.0 Å². The minimum absolute atomic E-state index is 0.0824. The van der Waals surface area contributed by atoms with Crippen LogP contribution < -0.4 is 5.32 Å². The normalized spacial score (nSPS) is 21.7. The zero-order chi connectivity index (χ0) is 16.6. The van der Waals surface area contributed by atoms with Crippen molar-refractivity contribution in [1.29, 1.82) is 0 Å². The van der Waals surface area contributed by atoms with Gasteiger partial charge >= 0.3 is 0 Å². The van der Waals surface area contributed by atoms with Gasteiger partial charge in [0.2, 0.25) is 0 Å². The van der Waals surface area contributed by atoms with Crippen LogP contribution in [0, 0.1) is 0 Å². The minimum atomic E-state index is -0.0824. The summed E-state index contributed by atoms with van der Waals surface area (Å²) in [5.74, 6) is 0.696. The number of rotatable bonds is 5. The molecule has 2 heterocycles. The monoisotopic (exact) mass is 318 g/mol. The van der Waals surface area contributed by atoms with Gasteiger partial charge in [-0.15, -0.1) is 0 Å². The van der Waals surface area contributed by atoms with E-state index in [1.165, 1.54) is 18.5 Å². The van der Waals surface area contributed by atoms with Gasteiger partial charge in [-0.25, -0.2) is 0 Å². The molecule has 0 aromatic carbocycles. The van der Waals surface area contributed by atoms with E-state index in [1.807, 2.05) is 4.90 Å². The summed E-state index contributed by atoms with van der Waals surface area (Å²) >= 11 is 0. The highest BCUT2D eigenvalue weighted by Crippen LogP contribution is 2.41. The second-order valence-electron chi connectivity index (χ2n) is 7.96. The maximum Gasteiger partial charge on any atom is 0.274 e. The molecule has 1 N–H and O–H groups in total. The number of hydrogen-bond acceptors (Lipinski definition) is 3. The molecule has 0 spiro atoms. The maximum absolute atomic E-state index is 13.1. The zero-order valence-corrected chi connectivity index (χ0v) is 14.9. The Kier molecular flexibility index (Phi) is 4.50. The van der Waals surface area contributed by atoms with Crippen LogP contribution in [0.15, 0.2) is 6.07 Å². The van der Waals surface area contributed by atoms with Gasteiger partial charge < -0.3 is 10.2 Å². The SMILES string of the molecule is CCCN(C(=O)c1cc(C2CC2)n(C(C)(C)C)n1)C1CCNC1. The fourth-order valence-corrected chi connectivity index (χ4v) is 3.45. The summed E-state index contributed by atoms with van der Waals surface area (Å²) in [4.78, 5) is 15.1. The lowest BCUT2D eigenvalue weighted by Gasteiger charge is -2.27. The van der Waals surface area contributed by atoms with Gasteiger partial charge in [-0.1, -0.05) is 6.92 Å². The molecule has 2 aliphatic rings. The van der Waals surface area contributed by atoms with Crippen LogP contribution in [0.1, 0.15) is 75.5 Å². The molecule has 1 aromatic rings. The first-order valence-electron chi connectivity index (χ1n) is 9.04. The fraction of sp³-hybridized carbons (Fsp3) is 0.778. The Bertz CT molecular complexity index is 562. The Labute approximate surface area is 139 Å². The van der Waals surface area contributed by atoms with E-state index in [4.69, 9.17) is 5.10 Å². The predicted octanol–water partition coefficient (Wildman–Crippen LogP) is 2.73. The first kappa shape index (κ1) is 16.5. The van der Waals surface area contributed by atoms with E-state index in [-0.39, 0.29) is 11.4 Å². The predicted molar refractivity (Wildman–Crippen MR) is 91.8 cm³/mol. The Morgan fingerprint density at radius 3 is 2.65 bits per heavy atom. The number of carbonyl (C=O) groups is 1. The molecule has 1 aliphatic heterocycles. The van der Waals surface area contributed by atoms with Crippen LogP contribution in [0.5, 0.6) is 0 Å². The van der Waals surface area contributed by atoms with Gasteiger partial charge in [-0.3, -0.25) is 9.48 Å². The van der Waals surface area contributed by atoms with E-state index < -0.39 is 0 Å². The van der Waals surface area contributed by atoms with Crippen LogP contribution in [0.3, 0.4) is 0 Å². The first-order chi connectivity index (χ1) is 10.9. The number of carbonyl (C=O) groups excluding carboxylic acids is 1. The standard InChI is InChI=1S/C18H30N4O/c1-5-10-21(14-8-9-19-12-14)17(23)15-11-16(13-6-7-13)22(20-15)18(2,3)4/h11,13-14,19H,5-10,12H2,1-4H3. The van der Waals surface area contributed by atoms with E-state index in [9.17, 15) is 4.79 Å². The van der Waals surface area contributed by atoms with Crippen LogP contribution in [0.4, 0.5) is 0 Å². The molecule has 23 heavy (non-hydrogen) atoms. The molecule has 1 amide bonds. The third-order valence-electron chi connectivity index (χ3n) is 4.79. The molecule has 1 saturated heterocycles. The van der Waals surface area contributed by atoms with Gasteiger partial charge in [-0.2, -0.15) is 5.10 Å². The third kappa shape index (κ3) is 3.44. The van der Waals surface area contributed by atoms with E-state index in [2.05, 4.69) is 43.8 Å². The summed E-state index contributed by atoms with van der Waals surface area (Å²) in [6, 6.07) is 2.36. The lowest BCUT2D eigenvalue weighted by molar-refractivity contribution is 0.0684. The van der Waals surface area contributed by atoms with Crippen LogP contribution in [-0.2, 0) is 5.54 Å². The topological polar surface area (TPSA) is 50.2 Å². The summed E-state index contributed by atoms with van der Waals surface area (Å²) in [6.07, 6.45) is 4.47. The van der Waals surface area contributed by atoms with Crippen LogP contribution in [-0.4, -0.2) is 46.3 Å². The van der Waals surface area contributed by atoms with Crippen molar-refractivity contribution < 1.29 is 4.79 Å². The number of amides is 1. The molecule has 1 atom stereocenters. The molecule has 1 saturated carbocycles. The van der Waals surface area contributed by atoms with Gasteiger partial charge in [0, 0.05) is 30.7 Å². The Morgan fingerprint density at radius 2 is 2.13 bits per heavy atom. The highest BCUT2D eigenvalue weighted by molar-refractivity contribution is 5.92. The van der Waals surface area contributed by atoms with Gasteiger partial charge in [0.05, 0.1) is 5.54 Å². The van der Waals surface area contributed by atoms with Gasteiger partial charge in [-0.05, 0) is 59.1 Å². The molecule has 2 fully saturated rings. The van der Waals surface area contributed by atoms with Crippen molar-refractivity contribution in [2.45, 2.75) is 70.9 Å². The van der Waals surface area contributed by atoms with Crippen molar-refractivity contribution in [3.05, 3.63) is 17.5 Å². The highest BCUT2D eigenvalue weighted by atomic mass is 16.2. The van der Waals surface area contributed by atoms with Crippen molar-refractivity contribution in [2.75, 3.05) is 19.6 Å². The number of nitrogens with one attached hydrogen (secondary N) is 1. The average molecular weight is 318 g/mol. The third-order valence-corrected chi connectivity index (χ3v) is 4.79. The first-order valence-corrected chi connectivity index (χ1v) is 9.04. The average Bonchev–Trinajstić information content (AvgIpc) is 3.03. The maximum atomic E-state index is 13.1. The highest BCUT2D eigenvalue weighted by Gasteiger charge is 2.34. The summed E-state index contributed by atoms with van der Waals surface area (Å²) in [5.41, 5.74) is 1.78. The minimum Gasteiger partial charge on any atom is -0.333 e. The molecule has 3 rings (SSSR count). The molecule has 1 aliphatic carbocycles. The van der Waals surface area contributed by atoms with Gasteiger partial charge in [0.1, 0.15) is 0 Å². The molecule has 0 radical (unpaired) electrons. The summed E-state index contributed by atoms with van der Waals surface area (Å²) in [5, 5.41) is 8.09.